The molecule has 0 heterocycles. The largest absolute Gasteiger partial charge is 0.397 e. The average molecular weight is 206 g/mol. The average Bonchev–Trinajstić information content (AvgIpc) is 2.07. The van der Waals surface area contributed by atoms with Crippen molar-refractivity contribution in [2.24, 2.45) is 0 Å². The topological polar surface area (TPSA) is 26.0 Å². The summed E-state index contributed by atoms with van der Waals surface area (Å²) < 4.78 is 11.8. The molecule has 0 saturated heterocycles. The van der Waals surface area contributed by atoms with Crippen molar-refractivity contribution in [1.82, 2.24) is 0 Å². The number of halogens is 2. The van der Waals surface area contributed by atoms with Gasteiger partial charge in [0.25, 0.3) is 0 Å². The molecule has 0 bridgehead atoms. The lowest BCUT2D eigenvalue weighted by Gasteiger charge is -2.01. The van der Waals surface area contributed by atoms with Gasteiger partial charge in [0.05, 0.1) is 17.4 Å². The van der Waals surface area contributed by atoms with Gasteiger partial charge in [0.2, 0.25) is 0 Å². The maximum Gasteiger partial charge on any atom is 0.0988 e. The fraction of sp³-hybridized carbons (Fsp3) is 0.250. The highest BCUT2D eigenvalue weighted by Gasteiger charge is 1.98. The first-order valence-electron chi connectivity index (χ1n) is 3.48. The van der Waals surface area contributed by atoms with E-state index in [1.54, 1.807) is 12.1 Å². The van der Waals surface area contributed by atoms with Crippen LogP contribution in [0.25, 0.3) is 0 Å². The number of benzene rings is 1. The van der Waals surface area contributed by atoms with E-state index in [0.717, 1.165) is 4.90 Å². The highest BCUT2D eigenvalue weighted by Crippen LogP contribution is 2.25. The molecule has 0 spiro atoms. The van der Waals surface area contributed by atoms with E-state index >= 15 is 0 Å². The maximum atomic E-state index is 11.8. The third-order valence-electron chi connectivity index (χ3n) is 1.31. The van der Waals surface area contributed by atoms with Crippen molar-refractivity contribution in [1.29, 1.82) is 0 Å². The summed E-state index contributed by atoms with van der Waals surface area (Å²) in [6, 6.07) is 5.30. The van der Waals surface area contributed by atoms with Crippen LogP contribution < -0.4 is 5.73 Å². The number of nitrogen functional groups attached to an aromatic ring is 1. The third-order valence-corrected chi connectivity index (χ3v) is 2.60. The van der Waals surface area contributed by atoms with E-state index in [4.69, 9.17) is 17.3 Å². The molecular formula is C8H9ClFNS. The molecular weight excluding hydrogens is 197 g/mol. The van der Waals surface area contributed by atoms with Crippen LogP contribution in [-0.2, 0) is 0 Å². The van der Waals surface area contributed by atoms with Crippen molar-refractivity contribution >= 4 is 29.1 Å². The monoisotopic (exact) mass is 205 g/mol. The molecule has 0 saturated carbocycles. The van der Waals surface area contributed by atoms with Gasteiger partial charge >= 0.3 is 0 Å². The van der Waals surface area contributed by atoms with E-state index in [0.29, 0.717) is 16.5 Å². The van der Waals surface area contributed by atoms with Gasteiger partial charge in [0.15, 0.2) is 0 Å². The van der Waals surface area contributed by atoms with Gasteiger partial charge in [-0.05, 0) is 18.2 Å². The second kappa shape index (κ2) is 4.58. The summed E-state index contributed by atoms with van der Waals surface area (Å²) in [7, 11) is 0. The number of nitrogens with two attached hydrogens (primary N) is 1. The van der Waals surface area contributed by atoms with Crippen LogP contribution in [0.3, 0.4) is 0 Å². The molecule has 1 aromatic carbocycles. The summed E-state index contributed by atoms with van der Waals surface area (Å²) in [6.07, 6.45) is 0. The Morgan fingerprint density at radius 1 is 1.50 bits per heavy atom. The van der Waals surface area contributed by atoms with Gasteiger partial charge < -0.3 is 5.73 Å². The van der Waals surface area contributed by atoms with Crippen LogP contribution in [0.1, 0.15) is 0 Å². The SMILES string of the molecule is Nc1cc(SCCF)ccc1Cl. The van der Waals surface area contributed by atoms with Gasteiger partial charge in [-0.2, -0.15) is 0 Å². The first-order chi connectivity index (χ1) is 5.74. The number of rotatable bonds is 3. The molecule has 0 aliphatic heterocycles. The number of hydrogen-bond donors (Lipinski definition) is 1. The molecule has 1 rings (SSSR count). The van der Waals surface area contributed by atoms with Crippen molar-refractivity contribution in [3.05, 3.63) is 23.2 Å². The Labute approximate surface area is 80.1 Å². The summed E-state index contributed by atoms with van der Waals surface area (Å²) in [5.41, 5.74) is 6.10. The maximum absolute atomic E-state index is 11.8. The fourth-order valence-electron chi connectivity index (χ4n) is 0.768. The minimum absolute atomic E-state index is 0.326. The standard InChI is InChI=1S/C8H9ClFNS/c9-7-2-1-6(5-8(7)11)12-4-3-10/h1-2,5H,3-4,11H2. The summed E-state index contributed by atoms with van der Waals surface area (Å²) in [4.78, 5) is 0.953. The molecule has 1 nitrogen and oxygen atoms in total. The van der Waals surface area contributed by atoms with Gasteiger partial charge in [0, 0.05) is 10.6 Å². The number of alkyl halides is 1. The lowest BCUT2D eigenvalue weighted by atomic mass is 10.3. The van der Waals surface area contributed by atoms with Crippen molar-refractivity contribution in [2.75, 3.05) is 18.2 Å². The molecule has 0 radical (unpaired) electrons. The van der Waals surface area contributed by atoms with Gasteiger partial charge in [-0.25, -0.2) is 0 Å². The van der Waals surface area contributed by atoms with Crippen LogP contribution >= 0.6 is 23.4 Å². The quantitative estimate of drug-likeness (QED) is 0.607. The van der Waals surface area contributed by atoms with Crippen LogP contribution in [0.4, 0.5) is 10.1 Å². The Bertz CT molecular complexity index is 267. The number of hydrogen-bond acceptors (Lipinski definition) is 2. The normalized spacial score (nSPS) is 10.2. The molecule has 0 atom stereocenters. The van der Waals surface area contributed by atoms with E-state index in [-0.39, 0.29) is 6.67 Å². The van der Waals surface area contributed by atoms with E-state index < -0.39 is 0 Å². The Hall–Kier alpha value is -0.410. The van der Waals surface area contributed by atoms with Crippen molar-refractivity contribution < 1.29 is 4.39 Å². The molecule has 12 heavy (non-hydrogen) atoms. The van der Waals surface area contributed by atoms with E-state index in [9.17, 15) is 4.39 Å². The number of thioether (sulfide) groups is 1. The molecule has 0 fully saturated rings. The van der Waals surface area contributed by atoms with E-state index in [1.807, 2.05) is 6.07 Å². The Morgan fingerprint density at radius 2 is 2.25 bits per heavy atom. The molecule has 0 unspecified atom stereocenters. The molecule has 0 aliphatic carbocycles. The fourth-order valence-corrected chi connectivity index (χ4v) is 1.57. The summed E-state index contributed by atoms with van der Waals surface area (Å²) in [5.74, 6) is 0.459. The van der Waals surface area contributed by atoms with Crippen molar-refractivity contribution in [3.63, 3.8) is 0 Å². The first-order valence-corrected chi connectivity index (χ1v) is 4.84. The van der Waals surface area contributed by atoms with E-state index in [1.165, 1.54) is 11.8 Å². The van der Waals surface area contributed by atoms with Gasteiger partial charge in [0.1, 0.15) is 0 Å². The molecule has 0 amide bonds. The predicted octanol–water partition coefficient (Wildman–Crippen LogP) is 2.98. The van der Waals surface area contributed by atoms with Crippen LogP contribution in [0.5, 0.6) is 0 Å². The predicted molar refractivity (Wildman–Crippen MR) is 52.6 cm³/mol. The molecule has 4 heteroatoms. The zero-order valence-electron chi connectivity index (χ0n) is 6.39. The molecule has 0 aliphatic rings. The van der Waals surface area contributed by atoms with Crippen molar-refractivity contribution in [2.45, 2.75) is 4.90 Å². The second-order valence-corrected chi connectivity index (χ2v) is 3.80. The van der Waals surface area contributed by atoms with Crippen LogP contribution in [0.2, 0.25) is 5.02 Å². The lowest BCUT2D eigenvalue weighted by molar-refractivity contribution is 0.533. The minimum atomic E-state index is -0.326. The van der Waals surface area contributed by atoms with Gasteiger partial charge in [-0.1, -0.05) is 11.6 Å². The van der Waals surface area contributed by atoms with Crippen LogP contribution in [0.15, 0.2) is 23.1 Å². The molecule has 1 aromatic rings. The second-order valence-electron chi connectivity index (χ2n) is 2.22. The van der Waals surface area contributed by atoms with Crippen LogP contribution in [-0.4, -0.2) is 12.4 Å². The van der Waals surface area contributed by atoms with Gasteiger partial charge in [-0.3, -0.25) is 4.39 Å². The van der Waals surface area contributed by atoms with Crippen molar-refractivity contribution in [3.8, 4) is 0 Å². The zero-order valence-corrected chi connectivity index (χ0v) is 7.96. The highest BCUT2D eigenvalue weighted by molar-refractivity contribution is 7.99. The van der Waals surface area contributed by atoms with Crippen LogP contribution in [0, 0.1) is 0 Å². The third kappa shape index (κ3) is 2.57. The Kier molecular flexibility index (Phi) is 3.69. The van der Waals surface area contributed by atoms with Gasteiger partial charge in [-0.15, -0.1) is 11.8 Å². The molecule has 0 aromatic heterocycles. The van der Waals surface area contributed by atoms with E-state index in [2.05, 4.69) is 0 Å². The number of anilines is 1. The lowest BCUT2D eigenvalue weighted by Crippen LogP contribution is -1.87. The molecule has 2 N–H and O–H groups in total. The minimum Gasteiger partial charge on any atom is -0.397 e. The smallest absolute Gasteiger partial charge is 0.0988 e. The zero-order chi connectivity index (χ0) is 8.97. The highest BCUT2D eigenvalue weighted by atomic mass is 35.5. The Balaban J connectivity index is 2.69. The summed E-state index contributed by atoms with van der Waals surface area (Å²) >= 11 is 7.14. The molecule has 66 valence electrons. The summed E-state index contributed by atoms with van der Waals surface area (Å²) in [5, 5.41) is 0.541. The Morgan fingerprint density at radius 3 is 2.83 bits per heavy atom. The first kappa shape index (κ1) is 9.68. The summed E-state index contributed by atoms with van der Waals surface area (Å²) in [6.45, 7) is -0.326.